The van der Waals surface area contributed by atoms with Gasteiger partial charge < -0.3 is 15.0 Å². The van der Waals surface area contributed by atoms with E-state index in [-0.39, 0.29) is 11.6 Å². The first-order valence-electron chi connectivity index (χ1n) is 6.29. The molecule has 0 saturated heterocycles. The maximum Gasteiger partial charge on any atom is 0.226 e. The van der Waals surface area contributed by atoms with E-state index in [0.29, 0.717) is 11.7 Å². The topological polar surface area (TPSA) is 74.2 Å². The van der Waals surface area contributed by atoms with Crippen LogP contribution in [0.15, 0.2) is 4.52 Å². The summed E-state index contributed by atoms with van der Waals surface area (Å²) in [6.07, 6.45) is 6.07. The molecule has 1 atom stereocenters. The van der Waals surface area contributed by atoms with E-state index in [1.54, 1.807) is 7.11 Å². The van der Waals surface area contributed by atoms with E-state index in [9.17, 15) is 0 Å². The van der Waals surface area contributed by atoms with Crippen LogP contribution in [0.1, 0.15) is 50.7 Å². The van der Waals surface area contributed by atoms with Gasteiger partial charge in [-0.25, -0.2) is 0 Å². The first kappa shape index (κ1) is 12.5. The molecule has 0 aromatic carbocycles. The quantitative estimate of drug-likeness (QED) is 0.847. The van der Waals surface area contributed by atoms with Crippen molar-refractivity contribution < 1.29 is 9.26 Å². The van der Waals surface area contributed by atoms with Crippen LogP contribution in [0.4, 0.5) is 0 Å². The fourth-order valence-electron chi connectivity index (χ4n) is 2.23. The Balaban J connectivity index is 1.96. The van der Waals surface area contributed by atoms with E-state index >= 15 is 0 Å². The fraction of sp³-hybridized carbons (Fsp3) is 0.833. The number of nitrogens with two attached hydrogens (primary N) is 1. The lowest BCUT2D eigenvalue weighted by Gasteiger charge is -2.17. The average molecular weight is 239 g/mol. The van der Waals surface area contributed by atoms with Crippen molar-refractivity contribution in [1.82, 2.24) is 10.1 Å². The number of ether oxygens (including phenoxy) is 1. The van der Waals surface area contributed by atoms with E-state index in [4.69, 9.17) is 15.0 Å². The molecule has 0 spiro atoms. The minimum atomic E-state index is -0.353. The highest BCUT2D eigenvalue weighted by atomic mass is 16.5. The molecule has 5 heteroatoms. The molecule has 1 aliphatic rings. The van der Waals surface area contributed by atoms with Crippen molar-refractivity contribution in [3.05, 3.63) is 11.7 Å². The standard InChI is InChI=1S/C12H21N3O2/c1-9(16-2)5-6-10-14-11(15-17-10)12(13)7-3-4-8-12/h9H,3-8,13H2,1-2H3. The molecule has 0 bridgehead atoms. The molecule has 1 fully saturated rings. The number of hydrogen-bond acceptors (Lipinski definition) is 5. The molecule has 2 N–H and O–H groups in total. The molecule has 1 aliphatic carbocycles. The highest BCUT2D eigenvalue weighted by Gasteiger charge is 2.35. The lowest BCUT2D eigenvalue weighted by atomic mass is 9.99. The molecule has 2 rings (SSSR count). The molecule has 5 nitrogen and oxygen atoms in total. The molecule has 1 aromatic rings. The van der Waals surface area contributed by atoms with E-state index < -0.39 is 0 Å². The Morgan fingerprint density at radius 3 is 2.82 bits per heavy atom. The minimum absolute atomic E-state index is 0.212. The van der Waals surface area contributed by atoms with Crippen molar-refractivity contribution in [1.29, 1.82) is 0 Å². The third-order valence-electron chi connectivity index (χ3n) is 3.58. The summed E-state index contributed by atoms with van der Waals surface area (Å²) in [4.78, 5) is 4.41. The zero-order chi connectivity index (χ0) is 12.3. The summed E-state index contributed by atoms with van der Waals surface area (Å²) in [5.41, 5.74) is 5.91. The summed E-state index contributed by atoms with van der Waals surface area (Å²) in [6.45, 7) is 2.03. The summed E-state index contributed by atoms with van der Waals surface area (Å²) in [7, 11) is 1.71. The van der Waals surface area contributed by atoms with Crippen molar-refractivity contribution >= 4 is 0 Å². The Morgan fingerprint density at radius 2 is 2.18 bits per heavy atom. The molecule has 0 radical (unpaired) electrons. The Labute approximate surface area is 102 Å². The van der Waals surface area contributed by atoms with Crippen molar-refractivity contribution in [3.8, 4) is 0 Å². The summed E-state index contributed by atoms with van der Waals surface area (Å²) in [6, 6.07) is 0. The van der Waals surface area contributed by atoms with Crippen LogP contribution in [0.3, 0.4) is 0 Å². The lowest BCUT2D eigenvalue weighted by Crippen LogP contribution is -2.34. The van der Waals surface area contributed by atoms with Gasteiger partial charge in [-0.1, -0.05) is 18.0 Å². The summed E-state index contributed by atoms with van der Waals surface area (Å²) in [5, 5.41) is 4.02. The lowest BCUT2D eigenvalue weighted by molar-refractivity contribution is 0.109. The smallest absolute Gasteiger partial charge is 0.226 e. The summed E-state index contributed by atoms with van der Waals surface area (Å²) >= 11 is 0. The monoisotopic (exact) mass is 239 g/mol. The van der Waals surface area contributed by atoms with Gasteiger partial charge in [0.05, 0.1) is 11.6 Å². The van der Waals surface area contributed by atoms with Crippen LogP contribution in [-0.4, -0.2) is 23.4 Å². The van der Waals surface area contributed by atoms with Crippen LogP contribution in [0.2, 0.25) is 0 Å². The van der Waals surface area contributed by atoms with Crippen molar-refractivity contribution in [3.63, 3.8) is 0 Å². The molecule has 0 amide bonds. The van der Waals surface area contributed by atoms with E-state index in [0.717, 1.165) is 38.5 Å². The Bertz CT molecular complexity index is 358. The molecule has 96 valence electrons. The predicted molar refractivity (Wildman–Crippen MR) is 63.4 cm³/mol. The Hall–Kier alpha value is -0.940. The Morgan fingerprint density at radius 1 is 1.47 bits per heavy atom. The maximum absolute atomic E-state index is 6.27. The van der Waals surface area contributed by atoms with E-state index in [1.807, 2.05) is 6.92 Å². The van der Waals surface area contributed by atoms with E-state index in [2.05, 4.69) is 10.1 Å². The van der Waals surface area contributed by atoms with Gasteiger partial charge in [0.1, 0.15) is 0 Å². The average Bonchev–Trinajstić information content (AvgIpc) is 2.95. The molecular weight excluding hydrogens is 218 g/mol. The van der Waals surface area contributed by atoms with Gasteiger partial charge in [-0.05, 0) is 26.2 Å². The highest BCUT2D eigenvalue weighted by molar-refractivity contribution is 5.06. The number of aryl methyl sites for hydroxylation is 1. The number of nitrogens with zero attached hydrogens (tertiary/aromatic N) is 2. The van der Waals surface area contributed by atoms with Gasteiger partial charge in [-0.2, -0.15) is 4.98 Å². The van der Waals surface area contributed by atoms with Gasteiger partial charge in [0.15, 0.2) is 5.82 Å². The zero-order valence-corrected chi connectivity index (χ0v) is 10.6. The number of methoxy groups -OCH3 is 1. The number of aromatic nitrogens is 2. The van der Waals surface area contributed by atoms with Crippen LogP contribution in [0, 0.1) is 0 Å². The van der Waals surface area contributed by atoms with Crippen LogP contribution >= 0.6 is 0 Å². The van der Waals surface area contributed by atoms with Crippen molar-refractivity contribution in [2.75, 3.05) is 7.11 Å². The van der Waals surface area contributed by atoms with Crippen molar-refractivity contribution in [2.45, 2.75) is 57.1 Å². The van der Waals surface area contributed by atoms with Gasteiger partial charge in [-0.3, -0.25) is 0 Å². The summed E-state index contributed by atoms with van der Waals surface area (Å²) < 4.78 is 10.4. The maximum atomic E-state index is 6.27. The molecule has 1 saturated carbocycles. The number of rotatable bonds is 5. The second-order valence-corrected chi connectivity index (χ2v) is 4.96. The van der Waals surface area contributed by atoms with Crippen LogP contribution in [0.5, 0.6) is 0 Å². The number of hydrogen-bond donors (Lipinski definition) is 1. The SMILES string of the molecule is COC(C)CCc1nc(C2(N)CCCC2)no1. The highest BCUT2D eigenvalue weighted by Crippen LogP contribution is 2.34. The summed E-state index contributed by atoms with van der Waals surface area (Å²) in [5.74, 6) is 1.34. The van der Waals surface area contributed by atoms with Gasteiger partial charge in [0.25, 0.3) is 0 Å². The van der Waals surface area contributed by atoms with Crippen LogP contribution in [-0.2, 0) is 16.7 Å². The zero-order valence-electron chi connectivity index (χ0n) is 10.6. The van der Waals surface area contributed by atoms with Gasteiger partial charge in [-0.15, -0.1) is 0 Å². The molecule has 1 heterocycles. The van der Waals surface area contributed by atoms with Gasteiger partial charge in [0, 0.05) is 13.5 Å². The second kappa shape index (κ2) is 5.14. The third-order valence-corrected chi connectivity index (χ3v) is 3.58. The first-order valence-corrected chi connectivity index (χ1v) is 6.29. The third kappa shape index (κ3) is 2.84. The first-order chi connectivity index (χ1) is 8.14. The molecule has 1 unspecified atom stereocenters. The van der Waals surface area contributed by atoms with Crippen LogP contribution < -0.4 is 5.73 Å². The largest absolute Gasteiger partial charge is 0.382 e. The molecule has 0 aliphatic heterocycles. The minimum Gasteiger partial charge on any atom is -0.382 e. The normalized spacial score (nSPS) is 20.6. The Kier molecular flexibility index (Phi) is 3.79. The van der Waals surface area contributed by atoms with Crippen molar-refractivity contribution in [2.24, 2.45) is 5.73 Å². The fourth-order valence-corrected chi connectivity index (χ4v) is 2.23. The van der Waals surface area contributed by atoms with Crippen LogP contribution in [0.25, 0.3) is 0 Å². The molecular formula is C12H21N3O2. The molecule has 17 heavy (non-hydrogen) atoms. The predicted octanol–water partition coefficient (Wildman–Crippen LogP) is 1.77. The van der Waals surface area contributed by atoms with Gasteiger partial charge in [0.2, 0.25) is 5.89 Å². The van der Waals surface area contributed by atoms with Gasteiger partial charge >= 0.3 is 0 Å². The molecule has 1 aromatic heterocycles. The van der Waals surface area contributed by atoms with E-state index in [1.165, 1.54) is 0 Å². The second-order valence-electron chi connectivity index (χ2n) is 4.96.